The average molecular weight is 438 g/mol. The van der Waals surface area contributed by atoms with E-state index >= 15 is 0 Å². The fraction of sp³-hybridized carbons (Fsp3) is 0.304. The Morgan fingerprint density at radius 3 is 2.52 bits per heavy atom. The predicted octanol–water partition coefficient (Wildman–Crippen LogP) is 2.98. The highest BCUT2D eigenvalue weighted by atomic mass is 32.2. The second-order valence-corrected chi connectivity index (χ2v) is 8.54. The van der Waals surface area contributed by atoms with Gasteiger partial charge in [-0.1, -0.05) is 54.2 Å². The van der Waals surface area contributed by atoms with Gasteiger partial charge in [0, 0.05) is 25.1 Å². The molecule has 2 aliphatic heterocycles. The van der Waals surface area contributed by atoms with Crippen molar-refractivity contribution in [2.24, 2.45) is 0 Å². The van der Waals surface area contributed by atoms with Crippen molar-refractivity contribution in [2.75, 3.05) is 18.8 Å². The van der Waals surface area contributed by atoms with Crippen LogP contribution < -0.4 is 5.32 Å². The molecule has 1 N–H and O–H groups in total. The van der Waals surface area contributed by atoms with E-state index in [0.717, 1.165) is 23.7 Å². The molecule has 4 rings (SSSR count). The van der Waals surface area contributed by atoms with Gasteiger partial charge in [0.05, 0.1) is 18.3 Å². The normalized spacial score (nSPS) is 17.4. The lowest BCUT2D eigenvalue weighted by Gasteiger charge is -2.25. The van der Waals surface area contributed by atoms with Crippen LogP contribution in [0.2, 0.25) is 0 Å². The molecule has 2 aromatic rings. The summed E-state index contributed by atoms with van der Waals surface area (Å²) in [6.45, 7) is 1.27. The second kappa shape index (κ2) is 9.34. The molecular weight excluding hydrogens is 414 g/mol. The monoisotopic (exact) mass is 437 g/mol. The molecule has 4 amide bonds. The smallest absolute Gasteiger partial charge is 0.289 e. The molecule has 8 heteroatoms. The van der Waals surface area contributed by atoms with Crippen LogP contribution in [0.5, 0.6) is 0 Å². The standard InChI is InChI=1S/C23H23N3O4S/c27-20-10-5-11-25(20)14-19(17-7-2-1-3-8-17)24-22(29)18-9-4-6-16(12-18)13-26-21(28)15-31-23(26)30/h1-4,6-9,12,19H,5,10-11,13-15H2,(H,24,29)/t19-/m0/s1. The Morgan fingerprint density at radius 2 is 1.84 bits per heavy atom. The van der Waals surface area contributed by atoms with Gasteiger partial charge in [-0.25, -0.2) is 0 Å². The van der Waals surface area contributed by atoms with E-state index in [1.165, 1.54) is 4.90 Å². The Balaban J connectivity index is 1.49. The van der Waals surface area contributed by atoms with E-state index in [0.29, 0.717) is 30.6 Å². The van der Waals surface area contributed by atoms with E-state index in [2.05, 4.69) is 5.32 Å². The Hall–Kier alpha value is -3.13. The van der Waals surface area contributed by atoms with Gasteiger partial charge in [0.2, 0.25) is 11.8 Å². The number of hydrogen-bond donors (Lipinski definition) is 1. The fourth-order valence-corrected chi connectivity index (χ4v) is 4.53. The molecular formula is C23H23N3O4S. The highest BCUT2D eigenvalue weighted by molar-refractivity contribution is 8.14. The minimum atomic E-state index is -0.336. The maximum Gasteiger partial charge on any atom is 0.289 e. The molecule has 0 aliphatic carbocycles. The average Bonchev–Trinajstić information content (AvgIpc) is 3.33. The molecule has 0 saturated carbocycles. The number of thioether (sulfide) groups is 1. The molecule has 0 bridgehead atoms. The molecule has 2 fully saturated rings. The van der Waals surface area contributed by atoms with Crippen molar-refractivity contribution in [3.8, 4) is 0 Å². The van der Waals surface area contributed by atoms with Gasteiger partial charge >= 0.3 is 0 Å². The molecule has 2 heterocycles. The van der Waals surface area contributed by atoms with Crippen molar-refractivity contribution in [3.63, 3.8) is 0 Å². The third-order valence-corrected chi connectivity index (χ3v) is 6.31. The molecule has 1 atom stereocenters. The Morgan fingerprint density at radius 1 is 1.03 bits per heavy atom. The largest absolute Gasteiger partial charge is 0.343 e. The fourth-order valence-electron chi connectivity index (χ4n) is 3.81. The van der Waals surface area contributed by atoms with Gasteiger partial charge in [0.15, 0.2) is 0 Å². The lowest BCUT2D eigenvalue weighted by atomic mass is 10.0. The Labute approximate surface area is 184 Å². The lowest BCUT2D eigenvalue weighted by Crippen LogP contribution is -2.38. The van der Waals surface area contributed by atoms with Gasteiger partial charge in [0.25, 0.3) is 11.1 Å². The zero-order chi connectivity index (χ0) is 21.8. The summed E-state index contributed by atoms with van der Waals surface area (Å²) in [5.74, 6) is -0.220. The molecule has 2 aliphatic rings. The molecule has 0 radical (unpaired) electrons. The zero-order valence-electron chi connectivity index (χ0n) is 17.0. The van der Waals surface area contributed by atoms with Gasteiger partial charge in [-0.3, -0.25) is 24.1 Å². The molecule has 7 nitrogen and oxygen atoms in total. The van der Waals surface area contributed by atoms with Crippen LogP contribution in [0.15, 0.2) is 54.6 Å². The summed E-state index contributed by atoms with van der Waals surface area (Å²) < 4.78 is 0. The predicted molar refractivity (Wildman–Crippen MR) is 117 cm³/mol. The van der Waals surface area contributed by atoms with Crippen LogP contribution in [0.1, 0.15) is 40.4 Å². The number of nitrogens with one attached hydrogen (secondary N) is 1. The van der Waals surface area contributed by atoms with E-state index < -0.39 is 0 Å². The van der Waals surface area contributed by atoms with Crippen molar-refractivity contribution >= 4 is 34.7 Å². The lowest BCUT2D eigenvalue weighted by molar-refractivity contribution is -0.128. The summed E-state index contributed by atoms with van der Waals surface area (Å²) in [5, 5.41) is 2.79. The van der Waals surface area contributed by atoms with Gasteiger partial charge in [-0.2, -0.15) is 0 Å². The maximum absolute atomic E-state index is 13.0. The molecule has 0 spiro atoms. The first kappa shape index (κ1) is 21.1. The first-order valence-electron chi connectivity index (χ1n) is 10.2. The number of amides is 4. The van der Waals surface area contributed by atoms with Gasteiger partial charge in [-0.15, -0.1) is 0 Å². The molecule has 2 aromatic carbocycles. The van der Waals surface area contributed by atoms with E-state index in [1.54, 1.807) is 29.2 Å². The summed E-state index contributed by atoms with van der Waals surface area (Å²) in [6.07, 6.45) is 1.38. The van der Waals surface area contributed by atoms with Crippen LogP contribution in [0.4, 0.5) is 4.79 Å². The molecule has 160 valence electrons. The minimum absolute atomic E-state index is 0.106. The minimum Gasteiger partial charge on any atom is -0.343 e. The van der Waals surface area contributed by atoms with Gasteiger partial charge in [0.1, 0.15) is 0 Å². The Bertz CT molecular complexity index is 995. The van der Waals surface area contributed by atoms with E-state index in [-0.39, 0.29) is 41.3 Å². The van der Waals surface area contributed by atoms with Crippen molar-refractivity contribution in [1.82, 2.24) is 15.1 Å². The topological polar surface area (TPSA) is 86.8 Å². The van der Waals surface area contributed by atoms with E-state index in [9.17, 15) is 19.2 Å². The van der Waals surface area contributed by atoms with Crippen LogP contribution in [-0.2, 0) is 16.1 Å². The van der Waals surface area contributed by atoms with Crippen molar-refractivity contribution in [2.45, 2.75) is 25.4 Å². The zero-order valence-corrected chi connectivity index (χ0v) is 17.8. The first-order chi connectivity index (χ1) is 15.0. The van der Waals surface area contributed by atoms with Crippen LogP contribution in [0.3, 0.4) is 0 Å². The summed E-state index contributed by atoms with van der Waals surface area (Å²) in [7, 11) is 0. The van der Waals surface area contributed by atoms with Crippen molar-refractivity contribution in [3.05, 3.63) is 71.3 Å². The molecule has 31 heavy (non-hydrogen) atoms. The summed E-state index contributed by atoms with van der Waals surface area (Å²) in [6, 6.07) is 16.2. The summed E-state index contributed by atoms with van der Waals surface area (Å²) in [5.41, 5.74) is 2.08. The van der Waals surface area contributed by atoms with Crippen LogP contribution >= 0.6 is 11.8 Å². The van der Waals surface area contributed by atoms with Crippen LogP contribution in [0, 0.1) is 0 Å². The number of likely N-dealkylation sites (tertiary alicyclic amines) is 1. The van der Waals surface area contributed by atoms with Crippen LogP contribution in [0.25, 0.3) is 0 Å². The first-order valence-corrected chi connectivity index (χ1v) is 11.2. The Kier molecular flexibility index (Phi) is 6.36. The van der Waals surface area contributed by atoms with Crippen molar-refractivity contribution in [1.29, 1.82) is 0 Å². The van der Waals surface area contributed by atoms with E-state index in [1.807, 2.05) is 30.3 Å². The number of rotatable bonds is 7. The molecule has 0 aromatic heterocycles. The third kappa shape index (κ3) is 4.96. The number of benzene rings is 2. The van der Waals surface area contributed by atoms with Crippen molar-refractivity contribution < 1.29 is 19.2 Å². The highest BCUT2D eigenvalue weighted by Gasteiger charge is 2.30. The SMILES string of the molecule is O=C(N[C@@H](CN1CCCC1=O)c1ccccc1)c1cccc(CN2C(=O)CSC2=O)c1. The molecule has 2 saturated heterocycles. The maximum atomic E-state index is 13.0. The number of imide groups is 1. The van der Waals surface area contributed by atoms with Gasteiger partial charge in [-0.05, 0) is 29.7 Å². The number of nitrogens with zero attached hydrogens (tertiary/aromatic N) is 2. The number of carbonyl (C=O) groups excluding carboxylic acids is 4. The third-order valence-electron chi connectivity index (χ3n) is 5.45. The van der Waals surface area contributed by atoms with Gasteiger partial charge < -0.3 is 10.2 Å². The molecule has 0 unspecified atom stereocenters. The quantitative estimate of drug-likeness (QED) is 0.720. The number of hydrogen-bond acceptors (Lipinski definition) is 5. The highest BCUT2D eigenvalue weighted by Crippen LogP contribution is 2.22. The van der Waals surface area contributed by atoms with E-state index in [4.69, 9.17) is 0 Å². The number of carbonyl (C=O) groups is 4. The van der Waals surface area contributed by atoms with Crippen LogP contribution in [-0.4, -0.2) is 51.6 Å². The summed E-state index contributed by atoms with van der Waals surface area (Å²) >= 11 is 0.990. The second-order valence-electron chi connectivity index (χ2n) is 7.61. The summed E-state index contributed by atoms with van der Waals surface area (Å²) in [4.78, 5) is 51.9.